The lowest BCUT2D eigenvalue weighted by Crippen LogP contribution is -2.61. The van der Waals surface area contributed by atoms with Gasteiger partial charge in [0.25, 0.3) is 0 Å². The topological polar surface area (TPSA) is 157 Å². The van der Waals surface area contributed by atoms with E-state index in [1.165, 1.54) is 17.7 Å². The summed E-state index contributed by atoms with van der Waals surface area (Å²) in [5.41, 5.74) is 2.40. The molecular weight excluding hydrogens is 494 g/mol. The number of aliphatic carboxylic acids is 1. The highest BCUT2D eigenvalue weighted by Crippen LogP contribution is 2.40. The van der Waals surface area contributed by atoms with Crippen LogP contribution in [0.5, 0.6) is 11.5 Å². The van der Waals surface area contributed by atoms with Crippen LogP contribution < -0.4 is 4.74 Å². The zero-order chi connectivity index (χ0) is 27.0. The largest absolute Gasteiger partial charge is 0.504 e. The first kappa shape index (κ1) is 26.6. The second-order valence-corrected chi connectivity index (χ2v) is 10.5. The second-order valence-electron chi connectivity index (χ2n) is 10.5. The first-order valence-corrected chi connectivity index (χ1v) is 13.0. The Morgan fingerprint density at radius 1 is 1.03 bits per heavy atom. The van der Waals surface area contributed by atoms with Crippen LogP contribution in [-0.4, -0.2) is 86.0 Å². The number of hydrogen-bond donors (Lipinski definition) is 5. The predicted octanol–water partition coefficient (Wildman–Crippen LogP) is 1.32. The fourth-order valence-electron chi connectivity index (χ4n) is 5.77. The van der Waals surface area contributed by atoms with E-state index in [9.17, 15) is 35.1 Å². The first-order valence-electron chi connectivity index (χ1n) is 13.0. The van der Waals surface area contributed by atoms with Crippen molar-refractivity contribution in [2.24, 2.45) is 11.8 Å². The van der Waals surface area contributed by atoms with Crippen molar-refractivity contribution in [3.63, 3.8) is 0 Å². The Morgan fingerprint density at radius 2 is 1.74 bits per heavy atom. The summed E-state index contributed by atoms with van der Waals surface area (Å²) in [6, 6.07) is 13.2. The van der Waals surface area contributed by atoms with Crippen molar-refractivity contribution < 1.29 is 44.6 Å². The van der Waals surface area contributed by atoms with Crippen molar-refractivity contribution in [3.8, 4) is 11.5 Å². The number of likely N-dealkylation sites (tertiary alicyclic amines) is 1. The van der Waals surface area contributed by atoms with E-state index < -0.39 is 36.7 Å². The normalized spacial score (nSPS) is 30.2. The summed E-state index contributed by atoms with van der Waals surface area (Å²) >= 11 is 0. The van der Waals surface area contributed by atoms with Crippen molar-refractivity contribution in [1.29, 1.82) is 0 Å². The van der Waals surface area contributed by atoms with Crippen LogP contribution in [0, 0.1) is 11.8 Å². The van der Waals surface area contributed by atoms with E-state index in [-0.39, 0.29) is 23.2 Å². The molecule has 204 valence electrons. The highest BCUT2D eigenvalue weighted by atomic mass is 16.7. The van der Waals surface area contributed by atoms with Crippen molar-refractivity contribution >= 4 is 11.8 Å². The van der Waals surface area contributed by atoms with Gasteiger partial charge in [0.1, 0.15) is 18.3 Å². The molecule has 2 aliphatic heterocycles. The third kappa shape index (κ3) is 5.41. The van der Waals surface area contributed by atoms with Gasteiger partial charge in [0.05, 0.1) is 0 Å². The number of aliphatic hydroxyl groups is 3. The molecule has 0 radical (unpaired) electrons. The highest BCUT2D eigenvalue weighted by Gasteiger charge is 2.48. The molecule has 2 aromatic rings. The van der Waals surface area contributed by atoms with Crippen LogP contribution in [0.2, 0.25) is 0 Å². The van der Waals surface area contributed by atoms with Gasteiger partial charge in [-0.2, -0.15) is 0 Å². The number of ketones is 1. The molecule has 0 amide bonds. The number of nitrogens with zero attached hydrogens (tertiary/aromatic N) is 1. The van der Waals surface area contributed by atoms with Crippen LogP contribution in [-0.2, 0) is 22.5 Å². The van der Waals surface area contributed by atoms with Crippen LogP contribution in [0.1, 0.15) is 40.7 Å². The molecule has 2 fully saturated rings. The van der Waals surface area contributed by atoms with Crippen LogP contribution in [0.4, 0.5) is 0 Å². The Labute approximate surface area is 220 Å². The SMILES string of the molecule is O=C1c2cc(O)c(OC3O[C@H](C(=O)O)[C@@H](O)[C@H](O)[C@H]3O)cc2CC1CC1CCN(Cc2ccccc2)CC1. The lowest BCUT2D eigenvalue weighted by atomic mass is 9.85. The molecule has 10 nitrogen and oxygen atoms in total. The van der Waals surface area contributed by atoms with Gasteiger partial charge < -0.3 is 35.0 Å². The summed E-state index contributed by atoms with van der Waals surface area (Å²) in [7, 11) is 0. The molecule has 5 rings (SSSR count). The van der Waals surface area contributed by atoms with Gasteiger partial charge in [0.2, 0.25) is 6.29 Å². The molecule has 0 aromatic heterocycles. The number of carboxylic acid groups (broad SMARTS) is 1. The van der Waals surface area contributed by atoms with Gasteiger partial charge in [-0.05, 0) is 68.0 Å². The Balaban J connectivity index is 1.20. The summed E-state index contributed by atoms with van der Waals surface area (Å²) in [5, 5.41) is 49.8. The van der Waals surface area contributed by atoms with E-state index >= 15 is 0 Å². The highest BCUT2D eigenvalue weighted by molar-refractivity contribution is 6.02. The lowest BCUT2D eigenvalue weighted by Gasteiger charge is -2.38. The summed E-state index contributed by atoms with van der Waals surface area (Å²) in [6.07, 6.45) is -5.61. The summed E-state index contributed by atoms with van der Waals surface area (Å²) in [5.74, 6) is -1.79. The number of hydrogen-bond acceptors (Lipinski definition) is 9. The van der Waals surface area contributed by atoms with Gasteiger partial charge in [0.15, 0.2) is 23.4 Å². The number of benzene rings is 2. The molecule has 0 saturated carbocycles. The van der Waals surface area contributed by atoms with Gasteiger partial charge in [-0.25, -0.2) is 4.79 Å². The molecule has 10 heteroatoms. The van der Waals surface area contributed by atoms with Gasteiger partial charge in [-0.15, -0.1) is 0 Å². The molecule has 3 aliphatic rings. The number of phenolic OH excluding ortho intramolecular Hbond substituents is 1. The molecule has 38 heavy (non-hydrogen) atoms. The van der Waals surface area contributed by atoms with Crippen molar-refractivity contribution in [2.75, 3.05) is 13.1 Å². The van der Waals surface area contributed by atoms with E-state index in [1.807, 2.05) is 18.2 Å². The third-order valence-corrected chi connectivity index (χ3v) is 7.92. The fraction of sp³-hybridized carbons (Fsp3) is 0.500. The van der Waals surface area contributed by atoms with Gasteiger partial charge in [0, 0.05) is 18.0 Å². The zero-order valence-electron chi connectivity index (χ0n) is 20.8. The minimum atomic E-state index is -1.85. The fourth-order valence-corrected chi connectivity index (χ4v) is 5.77. The Kier molecular flexibility index (Phi) is 7.69. The Bertz CT molecular complexity index is 1160. The number of aromatic hydroxyl groups is 1. The summed E-state index contributed by atoms with van der Waals surface area (Å²) in [6.45, 7) is 2.88. The van der Waals surface area contributed by atoms with Gasteiger partial charge in [-0.1, -0.05) is 30.3 Å². The summed E-state index contributed by atoms with van der Waals surface area (Å²) < 4.78 is 10.7. The minimum absolute atomic E-state index is 0.0213. The van der Waals surface area contributed by atoms with E-state index in [0.717, 1.165) is 38.9 Å². The monoisotopic (exact) mass is 527 g/mol. The van der Waals surface area contributed by atoms with Crippen LogP contribution in [0.25, 0.3) is 0 Å². The Hall–Kier alpha value is -3.02. The van der Waals surface area contributed by atoms with Crippen LogP contribution in [0.3, 0.4) is 0 Å². The van der Waals surface area contributed by atoms with Crippen molar-refractivity contribution in [1.82, 2.24) is 4.90 Å². The molecule has 2 saturated heterocycles. The van der Waals surface area contributed by atoms with Crippen molar-refractivity contribution in [3.05, 3.63) is 59.2 Å². The number of fused-ring (bicyclic) bond motifs is 1. The number of ether oxygens (including phenoxy) is 2. The second kappa shape index (κ2) is 11.0. The molecule has 6 atom stereocenters. The number of rotatable bonds is 7. The molecule has 5 N–H and O–H groups in total. The predicted molar refractivity (Wildman–Crippen MR) is 134 cm³/mol. The maximum Gasteiger partial charge on any atom is 0.335 e. The standard InChI is InChI=1S/C28H33NO9/c30-20-13-19-17(12-21(20)37-28-25(34)23(32)24(33)26(38-28)27(35)36)11-18(22(19)31)10-15-6-8-29(9-7-15)14-16-4-2-1-3-5-16/h1-5,12-13,15,18,23-26,28,30,32-34H,6-11,14H2,(H,35,36)/t18?,23-,24-,25+,26-,28?/m0/s1. The molecule has 0 spiro atoms. The lowest BCUT2D eigenvalue weighted by molar-refractivity contribution is -0.271. The molecule has 2 aromatic carbocycles. The van der Waals surface area contributed by atoms with E-state index in [1.54, 1.807) is 0 Å². The molecule has 0 bridgehead atoms. The zero-order valence-corrected chi connectivity index (χ0v) is 20.8. The molecule has 2 unspecified atom stereocenters. The number of carbonyl (C=O) groups excluding carboxylic acids is 1. The quantitative estimate of drug-likeness (QED) is 0.356. The first-order chi connectivity index (χ1) is 18.2. The number of phenols is 1. The van der Waals surface area contributed by atoms with Gasteiger partial charge in [-0.3, -0.25) is 9.69 Å². The van der Waals surface area contributed by atoms with E-state index in [0.29, 0.717) is 23.5 Å². The minimum Gasteiger partial charge on any atom is -0.504 e. The number of carboxylic acids is 1. The number of aliphatic hydroxyl groups excluding tert-OH is 3. The number of piperidine rings is 1. The number of carbonyl (C=O) groups is 2. The average Bonchev–Trinajstić information content (AvgIpc) is 3.19. The maximum absolute atomic E-state index is 13.1. The summed E-state index contributed by atoms with van der Waals surface area (Å²) in [4.78, 5) is 26.9. The third-order valence-electron chi connectivity index (χ3n) is 7.92. The van der Waals surface area contributed by atoms with Crippen LogP contribution >= 0.6 is 0 Å². The Morgan fingerprint density at radius 3 is 2.42 bits per heavy atom. The van der Waals surface area contributed by atoms with Crippen molar-refractivity contribution in [2.45, 2.75) is 62.9 Å². The average molecular weight is 528 g/mol. The smallest absolute Gasteiger partial charge is 0.335 e. The van der Waals surface area contributed by atoms with E-state index in [4.69, 9.17) is 9.47 Å². The van der Waals surface area contributed by atoms with Crippen LogP contribution in [0.15, 0.2) is 42.5 Å². The van der Waals surface area contributed by atoms with Gasteiger partial charge >= 0.3 is 5.97 Å². The molecule has 2 heterocycles. The number of Topliss-reactive ketones (excluding diaryl/α,β-unsaturated/α-hetero) is 1. The van der Waals surface area contributed by atoms with E-state index in [2.05, 4.69) is 17.0 Å². The molecular formula is C28H33NO9. The maximum atomic E-state index is 13.1. The molecule has 1 aliphatic carbocycles.